The lowest BCUT2D eigenvalue weighted by atomic mass is 9.86. The van der Waals surface area contributed by atoms with Crippen LogP contribution in [0, 0.1) is 5.92 Å². The van der Waals surface area contributed by atoms with Crippen molar-refractivity contribution in [2.24, 2.45) is 5.92 Å². The van der Waals surface area contributed by atoms with Crippen molar-refractivity contribution in [2.45, 2.75) is 83.0 Å². The van der Waals surface area contributed by atoms with Gasteiger partial charge in [-0.3, -0.25) is 5.10 Å². The van der Waals surface area contributed by atoms with E-state index < -0.39 is 0 Å². The summed E-state index contributed by atoms with van der Waals surface area (Å²) in [5.74, 6) is 4.03. The lowest BCUT2D eigenvalue weighted by molar-refractivity contribution is 0.363. The van der Waals surface area contributed by atoms with Crippen LogP contribution < -0.4 is 10.1 Å². The maximum Gasteiger partial charge on any atom is 0.197 e. The van der Waals surface area contributed by atoms with Crippen molar-refractivity contribution >= 4 is 5.82 Å². The lowest BCUT2D eigenvalue weighted by Gasteiger charge is -2.26. The summed E-state index contributed by atoms with van der Waals surface area (Å²) in [6, 6.07) is 10.1. The SMILES string of the molecule is COc1ccc(CC2CCCC(F)=C2Nc2cc(C3CCC(c4ncc(C(C)(C)C)o4)C3)[nH]n2)cc1. The average Bonchev–Trinajstić information content (AvgIpc) is 3.62. The Labute approximate surface area is 212 Å². The molecule has 1 fully saturated rings. The van der Waals surface area contributed by atoms with Crippen molar-refractivity contribution in [3.8, 4) is 5.75 Å². The van der Waals surface area contributed by atoms with Crippen molar-refractivity contribution in [2.75, 3.05) is 12.4 Å². The predicted octanol–water partition coefficient (Wildman–Crippen LogP) is 7.39. The number of nitrogens with zero attached hydrogens (tertiary/aromatic N) is 2. The van der Waals surface area contributed by atoms with Gasteiger partial charge < -0.3 is 14.5 Å². The van der Waals surface area contributed by atoms with Crippen LogP contribution in [-0.4, -0.2) is 22.3 Å². The fraction of sp³-hybridized carbons (Fsp3) is 0.517. The number of benzene rings is 1. The molecule has 6 nitrogen and oxygen atoms in total. The van der Waals surface area contributed by atoms with E-state index in [2.05, 4.69) is 53.4 Å². The molecule has 2 aromatic heterocycles. The number of allylic oxidation sites excluding steroid dienone is 2. The van der Waals surface area contributed by atoms with E-state index in [4.69, 9.17) is 9.15 Å². The number of ether oxygens (including phenoxy) is 1. The summed E-state index contributed by atoms with van der Waals surface area (Å²) < 4.78 is 26.3. The molecular formula is C29H37FN4O2. The number of aromatic amines is 1. The highest BCUT2D eigenvalue weighted by atomic mass is 19.1. The summed E-state index contributed by atoms with van der Waals surface area (Å²) in [4.78, 5) is 4.58. The third-order valence-electron chi connectivity index (χ3n) is 7.64. The van der Waals surface area contributed by atoms with E-state index in [1.165, 1.54) is 5.56 Å². The molecule has 3 atom stereocenters. The Hall–Kier alpha value is -3.09. The summed E-state index contributed by atoms with van der Waals surface area (Å²) in [5, 5.41) is 11.0. The normalized spacial score (nSPS) is 22.8. The number of anilines is 1. The zero-order chi connectivity index (χ0) is 25.3. The molecule has 3 unspecified atom stereocenters. The van der Waals surface area contributed by atoms with Crippen molar-refractivity contribution in [1.82, 2.24) is 15.2 Å². The molecular weight excluding hydrogens is 455 g/mol. The number of hydrogen-bond donors (Lipinski definition) is 2. The molecule has 36 heavy (non-hydrogen) atoms. The molecule has 0 aliphatic heterocycles. The molecule has 3 aromatic rings. The summed E-state index contributed by atoms with van der Waals surface area (Å²) in [7, 11) is 1.66. The Kier molecular flexibility index (Phi) is 6.91. The van der Waals surface area contributed by atoms with Crippen LogP contribution in [0.4, 0.5) is 10.2 Å². The number of rotatable bonds is 7. The van der Waals surface area contributed by atoms with Gasteiger partial charge in [0.25, 0.3) is 0 Å². The first-order valence-corrected chi connectivity index (χ1v) is 13.1. The molecule has 0 bridgehead atoms. The smallest absolute Gasteiger partial charge is 0.197 e. The molecule has 0 radical (unpaired) electrons. The highest BCUT2D eigenvalue weighted by Crippen LogP contribution is 2.44. The predicted molar refractivity (Wildman–Crippen MR) is 139 cm³/mol. The largest absolute Gasteiger partial charge is 0.497 e. The molecule has 1 aromatic carbocycles. The fourth-order valence-electron chi connectivity index (χ4n) is 5.48. The molecule has 2 N–H and O–H groups in total. The Morgan fingerprint density at radius 2 is 1.92 bits per heavy atom. The van der Waals surface area contributed by atoms with Gasteiger partial charge in [0.15, 0.2) is 11.7 Å². The van der Waals surface area contributed by atoms with Gasteiger partial charge >= 0.3 is 0 Å². The number of nitrogens with one attached hydrogen (secondary N) is 2. The fourth-order valence-corrected chi connectivity index (χ4v) is 5.48. The van der Waals surface area contributed by atoms with Gasteiger partial charge in [-0.1, -0.05) is 32.9 Å². The zero-order valence-corrected chi connectivity index (χ0v) is 21.7. The number of methoxy groups -OCH3 is 1. The second-order valence-electron chi connectivity index (χ2n) is 11.3. The maximum atomic E-state index is 15.0. The number of oxazole rings is 1. The van der Waals surface area contributed by atoms with Crippen LogP contribution in [0.1, 0.15) is 94.0 Å². The quantitative estimate of drug-likeness (QED) is 0.360. The first-order valence-electron chi connectivity index (χ1n) is 13.1. The van der Waals surface area contributed by atoms with Crippen LogP contribution in [0.15, 0.2) is 52.5 Å². The van der Waals surface area contributed by atoms with Crippen LogP contribution in [-0.2, 0) is 11.8 Å². The maximum absolute atomic E-state index is 15.0. The van der Waals surface area contributed by atoms with E-state index in [0.717, 1.165) is 61.6 Å². The Morgan fingerprint density at radius 3 is 2.64 bits per heavy atom. The molecule has 2 aliphatic rings. The third-order valence-corrected chi connectivity index (χ3v) is 7.64. The monoisotopic (exact) mass is 492 g/mol. The topological polar surface area (TPSA) is 76.0 Å². The summed E-state index contributed by atoms with van der Waals surface area (Å²) in [6.45, 7) is 6.42. The third kappa shape index (κ3) is 5.35. The highest BCUT2D eigenvalue weighted by Gasteiger charge is 2.32. The van der Waals surface area contributed by atoms with Crippen LogP contribution in [0.2, 0.25) is 0 Å². The minimum atomic E-state index is -0.0520. The Bertz CT molecular complexity index is 1200. The Balaban J connectivity index is 1.24. The highest BCUT2D eigenvalue weighted by molar-refractivity contribution is 5.45. The average molecular weight is 493 g/mol. The van der Waals surface area contributed by atoms with E-state index >= 15 is 0 Å². The van der Waals surface area contributed by atoms with Crippen molar-refractivity contribution in [1.29, 1.82) is 0 Å². The molecule has 192 valence electrons. The first kappa shape index (κ1) is 24.6. The van der Waals surface area contributed by atoms with E-state index in [0.29, 0.717) is 29.8 Å². The van der Waals surface area contributed by atoms with Gasteiger partial charge in [-0.15, -0.1) is 0 Å². The molecule has 1 saturated carbocycles. The zero-order valence-electron chi connectivity index (χ0n) is 21.7. The number of hydrogen-bond acceptors (Lipinski definition) is 5. The summed E-state index contributed by atoms with van der Waals surface area (Å²) in [6.07, 6.45) is 8.03. The molecule has 7 heteroatoms. The van der Waals surface area contributed by atoms with Crippen LogP contribution in [0.3, 0.4) is 0 Å². The Morgan fingerprint density at radius 1 is 1.14 bits per heavy atom. The molecule has 5 rings (SSSR count). The van der Waals surface area contributed by atoms with E-state index in [-0.39, 0.29) is 17.2 Å². The van der Waals surface area contributed by atoms with Crippen LogP contribution in [0.25, 0.3) is 0 Å². The number of H-pyrrole nitrogens is 1. The van der Waals surface area contributed by atoms with Crippen molar-refractivity contribution in [3.05, 3.63) is 71.0 Å². The number of halogens is 1. The van der Waals surface area contributed by atoms with Crippen LogP contribution in [0.5, 0.6) is 5.75 Å². The second kappa shape index (κ2) is 10.1. The minimum absolute atomic E-state index is 0.0402. The van der Waals surface area contributed by atoms with Crippen molar-refractivity contribution < 1.29 is 13.5 Å². The minimum Gasteiger partial charge on any atom is -0.497 e. The molecule has 0 spiro atoms. The summed E-state index contributed by atoms with van der Waals surface area (Å²) >= 11 is 0. The van der Waals surface area contributed by atoms with Gasteiger partial charge in [-0.05, 0) is 56.2 Å². The summed E-state index contributed by atoms with van der Waals surface area (Å²) in [5.41, 5.74) is 2.90. The standard InChI is InChI=1S/C29H37FN4O2/c1-29(2,3)25-17-31-28(36-25)21-11-10-19(15-21)24-16-26(34-33-24)32-27-20(6-5-7-23(27)30)14-18-8-12-22(35-4)13-9-18/h8-9,12-13,16-17,19-21H,5-7,10-11,14-15H2,1-4H3,(H2,32,33,34). The van der Waals surface area contributed by atoms with Crippen LogP contribution >= 0.6 is 0 Å². The van der Waals surface area contributed by atoms with Gasteiger partial charge in [0, 0.05) is 41.3 Å². The van der Waals surface area contributed by atoms with Gasteiger partial charge in [-0.25, -0.2) is 9.37 Å². The van der Waals surface area contributed by atoms with E-state index in [1.807, 2.05) is 24.4 Å². The molecule has 2 aliphatic carbocycles. The number of aromatic nitrogens is 3. The van der Waals surface area contributed by atoms with Crippen molar-refractivity contribution in [3.63, 3.8) is 0 Å². The molecule has 0 saturated heterocycles. The van der Waals surface area contributed by atoms with E-state index in [1.54, 1.807) is 7.11 Å². The molecule has 0 amide bonds. The van der Waals surface area contributed by atoms with Gasteiger partial charge in [-0.2, -0.15) is 5.10 Å². The second-order valence-corrected chi connectivity index (χ2v) is 11.3. The van der Waals surface area contributed by atoms with E-state index in [9.17, 15) is 4.39 Å². The van der Waals surface area contributed by atoms with Gasteiger partial charge in [0.05, 0.1) is 19.0 Å². The van der Waals surface area contributed by atoms with Gasteiger partial charge in [0.2, 0.25) is 0 Å². The first-order chi connectivity index (χ1) is 17.3. The van der Waals surface area contributed by atoms with Gasteiger partial charge in [0.1, 0.15) is 17.3 Å². The lowest BCUT2D eigenvalue weighted by Crippen LogP contribution is -2.20. The molecule has 2 heterocycles.